The first kappa shape index (κ1) is 7.54. The molecule has 0 amide bonds. The standard InChI is InChI=1S/C7H5BrN2O2/c8-4-1-2-9-7-6(4)10-3-5(11)12-7/h1-2,10H,3H2. The zero-order chi connectivity index (χ0) is 8.55. The summed E-state index contributed by atoms with van der Waals surface area (Å²) in [4.78, 5) is 14.7. The molecule has 5 heteroatoms. The van der Waals surface area contributed by atoms with Crippen LogP contribution in [0.3, 0.4) is 0 Å². The van der Waals surface area contributed by atoms with Gasteiger partial charge in [-0.2, -0.15) is 0 Å². The van der Waals surface area contributed by atoms with Crippen LogP contribution in [0.5, 0.6) is 5.88 Å². The number of anilines is 1. The van der Waals surface area contributed by atoms with Crippen molar-refractivity contribution >= 4 is 27.6 Å². The van der Waals surface area contributed by atoms with E-state index in [0.29, 0.717) is 5.88 Å². The molecule has 0 saturated carbocycles. The average Bonchev–Trinajstić information content (AvgIpc) is 2.04. The lowest BCUT2D eigenvalue weighted by Gasteiger charge is -2.16. The highest BCUT2D eigenvalue weighted by atomic mass is 79.9. The molecule has 0 radical (unpaired) electrons. The van der Waals surface area contributed by atoms with Crippen molar-refractivity contribution in [2.75, 3.05) is 11.9 Å². The first-order valence-corrected chi connectivity index (χ1v) is 4.16. The van der Waals surface area contributed by atoms with Gasteiger partial charge >= 0.3 is 5.97 Å². The van der Waals surface area contributed by atoms with E-state index in [0.717, 1.165) is 10.2 Å². The maximum absolute atomic E-state index is 10.8. The maximum atomic E-state index is 10.8. The number of fused-ring (bicyclic) bond motifs is 1. The fourth-order valence-electron chi connectivity index (χ4n) is 0.962. The van der Waals surface area contributed by atoms with Gasteiger partial charge in [0.1, 0.15) is 12.2 Å². The minimum atomic E-state index is -0.312. The van der Waals surface area contributed by atoms with Gasteiger partial charge in [-0.05, 0) is 22.0 Å². The second-order valence-corrected chi connectivity index (χ2v) is 3.15. The summed E-state index contributed by atoms with van der Waals surface area (Å²) in [6.45, 7) is 0.192. The van der Waals surface area contributed by atoms with Crippen LogP contribution in [-0.2, 0) is 4.79 Å². The molecule has 0 fully saturated rings. The van der Waals surface area contributed by atoms with Gasteiger partial charge in [0, 0.05) is 10.7 Å². The fraction of sp³-hybridized carbons (Fsp3) is 0.143. The van der Waals surface area contributed by atoms with E-state index in [9.17, 15) is 4.79 Å². The van der Waals surface area contributed by atoms with Crippen molar-refractivity contribution in [3.63, 3.8) is 0 Å². The molecule has 0 atom stereocenters. The highest BCUT2D eigenvalue weighted by Crippen LogP contribution is 2.31. The van der Waals surface area contributed by atoms with Crippen molar-refractivity contribution in [1.82, 2.24) is 4.98 Å². The number of hydrogen-bond donors (Lipinski definition) is 1. The monoisotopic (exact) mass is 228 g/mol. The fourth-order valence-corrected chi connectivity index (χ4v) is 1.39. The number of nitrogens with zero attached hydrogens (tertiary/aromatic N) is 1. The number of nitrogens with one attached hydrogen (secondary N) is 1. The Morgan fingerprint density at radius 3 is 3.33 bits per heavy atom. The number of esters is 1. The molecule has 2 rings (SSSR count). The molecular weight excluding hydrogens is 224 g/mol. The molecule has 1 aromatic heterocycles. The lowest BCUT2D eigenvalue weighted by Crippen LogP contribution is -2.25. The normalized spacial score (nSPS) is 14.6. The Hall–Kier alpha value is -1.10. The van der Waals surface area contributed by atoms with Crippen molar-refractivity contribution in [2.45, 2.75) is 0 Å². The zero-order valence-electron chi connectivity index (χ0n) is 6.00. The third-order valence-corrected chi connectivity index (χ3v) is 2.15. The van der Waals surface area contributed by atoms with Crippen LogP contribution in [0, 0.1) is 0 Å². The first-order chi connectivity index (χ1) is 5.77. The third kappa shape index (κ3) is 1.16. The maximum Gasteiger partial charge on any atom is 0.332 e. The molecule has 0 saturated heterocycles. The van der Waals surface area contributed by atoms with Crippen LogP contribution in [0.4, 0.5) is 5.69 Å². The molecule has 0 aromatic carbocycles. The van der Waals surface area contributed by atoms with Crippen LogP contribution < -0.4 is 10.1 Å². The number of ether oxygens (including phenoxy) is 1. The smallest absolute Gasteiger partial charge is 0.332 e. The topological polar surface area (TPSA) is 51.2 Å². The number of carbonyl (C=O) groups is 1. The van der Waals surface area contributed by atoms with E-state index < -0.39 is 0 Å². The van der Waals surface area contributed by atoms with E-state index in [2.05, 4.69) is 26.2 Å². The molecule has 0 aliphatic carbocycles. The molecule has 0 bridgehead atoms. The van der Waals surface area contributed by atoms with Crippen LogP contribution in [0.2, 0.25) is 0 Å². The zero-order valence-corrected chi connectivity index (χ0v) is 7.59. The Morgan fingerprint density at radius 1 is 1.67 bits per heavy atom. The highest BCUT2D eigenvalue weighted by Gasteiger charge is 2.18. The van der Waals surface area contributed by atoms with Gasteiger partial charge in [-0.1, -0.05) is 0 Å². The molecule has 62 valence electrons. The summed E-state index contributed by atoms with van der Waals surface area (Å²) in [6.07, 6.45) is 1.57. The minimum Gasteiger partial charge on any atom is -0.404 e. The lowest BCUT2D eigenvalue weighted by atomic mass is 10.3. The van der Waals surface area contributed by atoms with Crippen LogP contribution in [0.1, 0.15) is 0 Å². The predicted octanol–water partition coefficient (Wildman–Crippen LogP) is 1.17. The van der Waals surface area contributed by atoms with E-state index in [1.165, 1.54) is 0 Å². The van der Waals surface area contributed by atoms with Gasteiger partial charge in [-0.3, -0.25) is 0 Å². The highest BCUT2D eigenvalue weighted by molar-refractivity contribution is 9.10. The van der Waals surface area contributed by atoms with E-state index in [1.807, 2.05) is 0 Å². The van der Waals surface area contributed by atoms with Gasteiger partial charge in [0.05, 0.1) is 0 Å². The van der Waals surface area contributed by atoms with Gasteiger partial charge in [0.2, 0.25) is 5.88 Å². The van der Waals surface area contributed by atoms with E-state index in [-0.39, 0.29) is 12.5 Å². The summed E-state index contributed by atoms with van der Waals surface area (Å²) in [5, 5.41) is 2.90. The number of carbonyl (C=O) groups excluding carboxylic acids is 1. The Balaban J connectivity index is 2.48. The van der Waals surface area contributed by atoms with Gasteiger partial charge in [-0.25, -0.2) is 9.78 Å². The number of aromatic nitrogens is 1. The lowest BCUT2D eigenvalue weighted by molar-refractivity contribution is -0.133. The van der Waals surface area contributed by atoms with E-state index >= 15 is 0 Å². The Bertz CT molecular complexity index is 340. The second kappa shape index (κ2) is 2.75. The summed E-state index contributed by atoms with van der Waals surface area (Å²) in [5.41, 5.74) is 0.733. The first-order valence-electron chi connectivity index (χ1n) is 3.36. The minimum absolute atomic E-state index is 0.192. The number of rotatable bonds is 0. The van der Waals surface area contributed by atoms with Gasteiger partial charge in [-0.15, -0.1) is 0 Å². The molecule has 1 aliphatic heterocycles. The summed E-state index contributed by atoms with van der Waals surface area (Å²) < 4.78 is 5.72. The van der Waals surface area contributed by atoms with Crippen LogP contribution >= 0.6 is 15.9 Å². The van der Waals surface area contributed by atoms with Crippen LogP contribution in [-0.4, -0.2) is 17.5 Å². The number of hydrogen-bond acceptors (Lipinski definition) is 4. The second-order valence-electron chi connectivity index (χ2n) is 2.30. The van der Waals surface area contributed by atoms with Crippen molar-refractivity contribution in [1.29, 1.82) is 0 Å². The van der Waals surface area contributed by atoms with Crippen molar-refractivity contribution in [3.05, 3.63) is 16.7 Å². The molecule has 0 unspecified atom stereocenters. The SMILES string of the molecule is O=C1CNc2c(Br)ccnc2O1. The van der Waals surface area contributed by atoms with Crippen molar-refractivity contribution in [3.8, 4) is 5.88 Å². The molecule has 1 aliphatic rings. The Morgan fingerprint density at radius 2 is 2.50 bits per heavy atom. The molecular formula is C7H5BrN2O2. The van der Waals surface area contributed by atoms with Crippen LogP contribution in [0.15, 0.2) is 16.7 Å². The third-order valence-electron chi connectivity index (χ3n) is 1.49. The van der Waals surface area contributed by atoms with Gasteiger partial charge in [0.15, 0.2) is 0 Å². The number of halogens is 1. The molecule has 1 N–H and O–H groups in total. The quantitative estimate of drug-likeness (QED) is 0.678. The Kier molecular flexibility index (Phi) is 1.73. The summed E-state index contributed by atoms with van der Waals surface area (Å²) in [6, 6.07) is 1.78. The molecule has 2 heterocycles. The summed E-state index contributed by atoms with van der Waals surface area (Å²) in [7, 11) is 0. The van der Waals surface area contributed by atoms with Crippen LogP contribution in [0.25, 0.3) is 0 Å². The van der Waals surface area contributed by atoms with E-state index in [1.54, 1.807) is 12.3 Å². The van der Waals surface area contributed by atoms with Crippen molar-refractivity contribution < 1.29 is 9.53 Å². The summed E-state index contributed by atoms with van der Waals surface area (Å²) in [5.74, 6) is 0.0220. The van der Waals surface area contributed by atoms with Gasteiger partial charge < -0.3 is 10.1 Å². The largest absolute Gasteiger partial charge is 0.404 e. The summed E-state index contributed by atoms with van der Waals surface area (Å²) >= 11 is 3.31. The van der Waals surface area contributed by atoms with E-state index in [4.69, 9.17) is 4.74 Å². The predicted molar refractivity (Wildman–Crippen MR) is 46.1 cm³/mol. The average molecular weight is 229 g/mol. The number of pyridine rings is 1. The van der Waals surface area contributed by atoms with Crippen molar-refractivity contribution in [2.24, 2.45) is 0 Å². The molecule has 12 heavy (non-hydrogen) atoms. The molecule has 4 nitrogen and oxygen atoms in total. The molecule has 1 aromatic rings. The Labute approximate surface area is 77.1 Å². The van der Waals surface area contributed by atoms with Gasteiger partial charge in [0.25, 0.3) is 0 Å². The molecule has 0 spiro atoms.